The van der Waals surface area contributed by atoms with E-state index in [1.54, 1.807) is 0 Å². The topological polar surface area (TPSA) is 41.3 Å². The van der Waals surface area contributed by atoms with E-state index in [4.69, 9.17) is 0 Å². The van der Waals surface area contributed by atoms with Gasteiger partial charge in [-0.25, -0.2) is 4.98 Å². The highest BCUT2D eigenvalue weighted by Gasteiger charge is 2.34. The number of aromatic nitrogens is 2. The van der Waals surface area contributed by atoms with E-state index < -0.39 is 0 Å². The first-order chi connectivity index (χ1) is 10.1. The van der Waals surface area contributed by atoms with Crippen molar-refractivity contribution in [2.45, 2.75) is 59.5 Å². The molecule has 1 atom stereocenters. The number of nitrogens with zero attached hydrogens (tertiary/aromatic N) is 3. The molecule has 0 amide bonds. The molecule has 120 valence electrons. The summed E-state index contributed by atoms with van der Waals surface area (Å²) in [6.07, 6.45) is 8.59. The van der Waals surface area contributed by atoms with E-state index in [0.717, 1.165) is 39.0 Å². The Kier molecular flexibility index (Phi) is 5.82. The van der Waals surface area contributed by atoms with Crippen molar-refractivity contribution in [3.8, 4) is 0 Å². The molecule has 4 nitrogen and oxygen atoms in total. The first kappa shape index (κ1) is 16.5. The third-order valence-corrected chi connectivity index (χ3v) is 4.60. The molecule has 1 aliphatic heterocycles. The Morgan fingerprint density at radius 1 is 1.43 bits per heavy atom. The average molecular weight is 293 g/mol. The molecule has 0 radical (unpaired) electrons. The molecule has 0 aromatic carbocycles. The van der Waals surface area contributed by atoms with Crippen LogP contribution in [0.2, 0.25) is 0 Å². The lowest BCUT2D eigenvalue weighted by Gasteiger charge is -2.42. The lowest BCUT2D eigenvalue weighted by molar-refractivity contribution is 0.0207. The van der Waals surface area contributed by atoms with Gasteiger partial charge in [-0.05, 0) is 31.7 Å². The summed E-state index contributed by atoms with van der Waals surface area (Å²) in [6, 6.07) is 0. The van der Waals surface area contributed by atoms with E-state index in [1.165, 1.54) is 18.5 Å². The molecule has 2 heterocycles. The van der Waals surface area contributed by atoms with Crippen LogP contribution in [0.25, 0.3) is 0 Å². The van der Waals surface area contributed by atoms with Gasteiger partial charge >= 0.3 is 0 Å². The monoisotopic (exact) mass is 293 g/mol. The number of hydrogen-bond donors (Lipinski definition) is 1. The van der Waals surface area contributed by atoms with Gasteiger partial charge in [0.25, 0.3) is 0 Å². The lowest BCUT2D eigenvalue weighted by atomic mass is 9.77. The molecule has 1 aromatic rings. The molecule has 0 saturated carbocycles. The van der Waals surface area contributed by atoms with Crippen LogP contribution in [0.5, 0.6) is 0 Å². The van der Waals surface area contributed by atoms with Gasteiger partial charge in [0.15, 0.2) is 0 Å². The average Bonchev–Trinajstić information content (AvgIpc) is 2.86. The SMILES string of the molecule is CCC[C@]1(CO)CCCN(Cc2cncn2CC(C)C)C1. The number of likely N-dealkylation sites (tertiary alicyclic amines) is 1. The number of rotatable bonds is 7. The quantitative estimate of drug-likeness (QED) is 0.840. The number of aliphatic hydroxyl groups excluding tert-OH is 1. The zero-order valence-electron chi connectivity index (χ0n) is 13.9. The smallest absolute Gasteiger partial charge is 0.0948 e. The Morgan fingerprint density at radius 3 is 2.90 bits per heavy atom. The fraction of sp³-hybridized carbons (Fsp3) is 0.824. The molecule has 4 heteroatoms. The summed E-state index contributed by atoms with van der Waals surface area (Å²) in [5.74, 6) is 0.635. The Labute approximate surface area is 129 Å². The third-order valence-electron chi connectivity index (χ3n) is 4.60. The molecule has 1 aliphatic rings. The van der Waals surface area contributed by atoms with E-state index in [1.807, 2.05) is 12.5 Å². The maximum absolute atomic E-state index is 9.85. The van der Waals surface area contributed by atoms with E-state index in [0.29, 0.717) is 12.5 Å². The third kappa shape index (κ3) is 4.30. The Morgan fingerprint density at radius 2 is 2.24 bits per heavy atom. The maximum atomic E-state index is 9.85. The second-order valence-corrected chi connectivity index (χ2v) is 7.15. The zero-order chi connectivity index (χ0) is 15.3. The highest BCUT2D eigenvalue weighted by Crippen LogP contribution is 2.34. The zero-order valence-corrected chi connectivity index (χ0v) is 13.9. The molecular formula is C17H31N3O. The molecular weight excluding hydrogens is 262 g/mol. The van der Waals surface area contributed by atoms with Gasteiger partial charge in [0.2, 0.25) is 0 Å². The van der Waals surface area contributed by atoms with Gasteiger partial charge in [-0.3, -0.25) is 4.90 Å². The molecule has 1 aromatic heterocycles. The highest BCUT2D eigenvalue weighted by atomic mass is 16.3. The Bertz CT molecular complexity index is 425. The number of imidazole rings is 1. The summed E-state index contributed by atoms with van der Waals surface area (Å²) in [4.78, 5) is 6.82. The summed E-state index contributed by atoms with van der Waals surface area (Å²) >= 11 is 0. The minimum absolute atomic E-state index is 0.121. The first-order valence-electron chi connectivity index (χ1n) is 8.41. The van der Waals surface area contributed by atoms with E-state index in [9.17, 15) is 5.11 Å². The van der Waals surface area contributed by atoms with Gasteiger partial charge in [-0.2, -0.15) is 0 Å². The molecule has 1 fully saturated rings. The van der Waals surface area contributed by atoms with Crippen LogP contribution >= 0.6 is 0 Å². The molecule has 0 spiro atoms. The van der Waals surface area contributed by atoms with E-state index in [2.05, 4.69) is 35.2 Å². The van der Waals surface area contributed by atoms with Crippen molar-refractivity contribution in [3.05, 3.63) is 18.2 Å². The standard InChI is InChI=1S/C17H31N3O/c1-4-6-17(13-21)7-5-8-19(12-17)11-16-9-18-14-20(16)10-15(2)3/h9,14-15,21H,4-8,10-13H2,1-3H3/t17-/m0/s1. The molecule has 1 N–H and O–H groups in total. The molecule has 0 unspecified atom stereocenters. The first-order valence-corrected chi connectivity index (χ1v) is 8.41. The van der Waals surface area contributed by atoms with Crippen molar-refractivity contribution in [1.29, 1.82) is 0 Å². The van der Waals surface area contributed by atoms with Crippen LogP contribution in [0.4, 0.5) is 0 Å². The molecule has 0 bridgehead atoms. The molecule has 2 rings (SSSR count). The summed E-state index contributed by atoms with van der Waals surface area (Å²) in [5, 5.41) is 9.85. The lowest BCUT2D eigenvalue weighted by Crippen LogP contribution is -2.45. The molecule has 0 aliphatic carbocycles. The minimum atomic E-state index is 0.121. The summed E-state index contributed by atoms with van der Waals surface area (Å²) in [5.41, 5.74) is 1.42. The summed E-state index contributed by atoms with van der Waals surface area (Å²) in [6.45, 7) is 11.2. The van der Waals surface area contributed by atoms with Gasteiger partial charge in [-0.15, -0.1) is 0 Å². The van der Waals surface area contributed by atoms with Crippen LogP contribution in [0, 0.1) is 11.3 Å². The van der Waals surface area contributed by atoms with E-state index in [-0.39, 0.29) is 5.41 Å². The van der Waals surface area contributed by atoms with Crippen molar-refractivity contribution < 1.29 is 5.11 Å². The molecule has 1 saturated heterocycles. The van der Waals surface area contributed by atoms with Crippen LogP contribution in [-0.2, 0) is 13.1 Å². The summed E-state index contributed by atoms with van der Waals surface area (Å²) < 4.78 is 2.28. The normalized spacial score (nSPS) is 23.9. The van der Waals surface area contributed by atoms with Crippen LogP contribution in [0.15, 0.2) is 12.5 Å². The number of piperidine rings is 1. The molecule has 21 heavy (non-hydrogen) atoms. The number of hydrogen-bond acceptors (Lipinski definition) is 3. The van der Waals surface area contributed by atoms with Gasteiger partial charge < -0.3 is 9.67 Å². The van der Waals surface area contributed by atoms with Crippen LogP contribution < -0.4 is 0 Å². The van der Waals surface area contributed by atoms with Crippen molar-refractivity contribution in [2.75, 3.05) is 19.7 Å². The van der Waals surface area contributed by atoms with Gasteiger partial charge in [0.05, 0.1) is 12.0 Å². The second kappa shape index (κ2) is 7.41. The van der Waals surface area contributed by atoms with Crippen molar-refractivity contribution in [3.63, 3.8) is 0 Å². The van der Waals surface area contributed by atoms with Crippen molar-refractivity contribution in [1.82, 2.24) is 14.5 Å². The predicted molar refractivity (Wildman–Crippen MR) is 86.0 cm³/mol. The van der Waals surface area contributed by atoms with Gasteiger partial charge in [0, 0.05) is 37.9 Å². The van der Waals surface area contributed by atoms with Crippen LogP contribution in [0.3, 0.4) is 0 Å². The van der Waals surface area contributed by atoms with E-state index >= 15 is 0 Å². The van der Waals surface area contributed by atoms with Crippen LogP contribution in [-0.4, -0.2) is 39.3 Å². The minimum Gasteiger partial charge on any atom is -0.396 e. The number of aliphatic hydroxyl groups is 1. The van der Waals surface area contributed by atoms with Crippen LogP contribution in [0.1, 0.15) is 52.1 Å². The second-order valence-electron chi connectivity index (χ2n) is 7.15. The van der Waals surface area contributed by atoms with Crippen molar-refractivity contribution in [2.24, 2.45) is 11.3 Å². The van der Waals surface area contributed by atoms with Crippen molar-refractivity contribution >= 4 is 0 Å². The Balaban J connectivity index is 2.01. The Hall–Kier alpha value is -0.870. The van der Waals surface area contributed by atoms with Gasteiger partial charge in [0.1, 0.15) is 0 Å². The largest absolute Gasteiger partial charge is 0.396 e. The maximum Gasteiger partial charge on any atom is 0.0948 e. The summed E-state index contributed by atoms with van der Waals surface area (Å²) in [7, 11) is 0. The van der Waals surface area contributed by atoms with Gasteiger partial charge in [-0.1, -0.05) is 27.2 Å². The fourth-order valence-electron chi connectivity index (χ4n) is 3.65. The fourth-order valence-corrected chi connectivity index (χ4v) is 3.65. The predicted octanol–water partition coefficient (Wildman–Crippen LogP) is 2.91. The highest BCUT2D eigenvalue weighted by molar-refractivity contribution is 5.00.